The molecule has 1 amide bonds. The molecule has 0 unspecified atom stereocenters. The van der Waals surface area contributed by atoms with Gasteiger partial charge in [-0.15, -0.1) is 11.3 Å². The largest absolute Gasteiger partial charge is 0.389 e. The maximum Gasteiger partial charge on any atom is 0.222 e. The minimum atomic E-state index is -0.935. The number of carbonyl (C=O) groups excluding carboxylic acids is 2. The number of carbonyl (C=O) groups is 2. The Kier molecular flexibility index (Phi) is 5.52. The van der Waals surface area contributed by atoms with Gasteiger partial charge in [-0.25, -0.2) is 0 Å². The van der Waals surface area contributed by atoms with E-state index >= 15 is 0 Å². The van der Waals surface area contributed by atoms with Crippen LogP contribution in [0.25, 0.3) is 0 Å². The van der Waals surface area contributed by atoms with E-state index in [2.05, 4.69) is 0 Å². The number of halogens is 1. The van der Waals surface area contributed by atoms with Crippen molar-refractivity contribution >= 4 is 34.6 Å². The molecule has 1 aromatic rings. The Labute approximate surface area is 122 Å². The zero-order valence-corrected chi connectivity index (χ0v) is 12.8. The summed E-state index contributed by atoms with van der Waals surface area (Å²) in [6.45, 7) is 3.51. The van der Waals surface area contributed by atoms with Gasteiger partial charge in [0.15, 0.2) is 5.78 Å². The molecule has 4 nitrogen and oxygen atoms in total. The van der Waals surface area contributed by atoms with Crippen molar-refractivity contribution in [2.75, 3.05) is 13.6 Å². The van der Waals surface area contributed by atoms with Crippen LogP contribution in [-0.4, -0.2) is 40.9 Å². The van der Waals surface area contributed by atoms with E-state index in [-0.39, 0.29) is 31.1 Å². The Morgan fingerprint density at radius 3 is 2.47 bits per heavy atom. The van der Waals surface area contributed by atoms with Crippen LogP contribution in [-0.2, 0) is 4.79 Å². The van der Waals surface area contributed by atoms with E-state index in [1.165, 1.54) is 16.2 Å². The van der Waals surface area contributed by atoms with E-state index in [0.29, 0.717) is 9.21 Å². The number of amides is 1. The number of nitrogens with zero attached hydrogens (tertiary/aromatic N) is 1. The van der Waals surface area contributed by atoms with Gasteiger partial charge in [0.1, 0.15) is 0 Å². The second kappa shape index (κ2) is 6.50. The number of rotatable bonds is 6. The first-order valence-electron chi connectivity index (χ1n) is 5.94. The lowest BCUT2D eigenvalue weighted by atomic mass is 10.1. The monoisotopic (exact) mass is 303 g/mol. The van der Waals surface area contributed by atoms with Crippen molar-refractivity contribution in [3.8, 4) is 0 Å². The van der Waals surface area contributed by atoms with Crippen molar-refractivity contribution in [1.82, 2.24) is 4.90 Å². The Morgan fingerprint density at radius 2 is 2.00 bits per heavy atom. The third-order valence-electron chi connectivity index (χ3n) is 2.46. The van der Waals surface area contributed by atoms with Crippen molar-refractivity contribution in [2.24, 2.45) is 0 Å². The number of likely N-dealkylation sites (N-methyl/N-ethyl adjacent to an activating group) is 1. The Bertz CT molecular complexity index is 465. The van der Waals surface area contributed by atoms with Crippen molar-refractivity contribution in [1.29, 1.82) is 0 Å². The van der Waals surface area contributed by atoms with Crippen molar-refractivity contribution in [3.63, 3.8) is 0 Å². The predicted octanol–water partition coefficient (Wildman–Crippen LogP) is 2.59. The van der Waals surface area contributed by atoms with E-state index in [9.17, 15) is 14.7 Å². The van der Waals surface area contributed by atoms with Gasteiger partial charge in [-0.2, -0.15) is 0 Å². The molecule has 0 bridgehead atoms. The van der Waals surface area contributed by atoms with Gasteiger partial charge in [0.2, 0.25) is 5.91 Å². The highest BCUT2D eigenvalue weighted by molar-refractivity contribution is 7.18. The average Bonchev–Trinajstić information content (AvgIpc) is 2.69. The normalized spacial score (nSPS) is 11.4. The summed E-state index contributed by atoms with van der Waals surface area (Å²) in [4.78, 5) is 25.6. The molecule has 0 fully saturated rings. The number of Topliss-reactive ketones (excluding diaryl/α,β-unsaturated/α-hetero) is 1. The molecule has 0 saturated carbocycles. The van der Waals surface area contributed by atoms with Crippen LogP contribution in [0, 0.1) is 0 Å². The molecule has 1 rings (SSSR count). The van der Waals surface area contributed by atoms with Crippen LogP contribution in [0.15, 0.2) is 12.1 Å². The summed E-state index contributed by atoms with van der Waals surface area (Å²) in [6, 6.07) is 3.34. The van der Waals surface area contributed by atoms with Gasteiger partial charge in [-0.3, -0.25) is 9.59 Å². The molecular weight excluding hydrogens is 286 g/mol. The lowest BCUT2D eigenvalue weighted by molar-refractivity contribution is -0.132. The molecule has 0 aromatic carbocycles. The van der Waals surface area contributed by atoms with E-state index in [4.69, 9.17) is 11.6 Å². The summed E-state index contributed by atoms with van der Waals surface area (Å²) in [5.74, 6) is -0.236. The van der Waals surface area contributed by atoms with Crippen molar-refractivity contribution in [2.45, 2.75) is 32.3 Å². The van der Waals surface area contributed by atoms with Crippen molar-refractivity contribution in [3.05, 3.63) is 21.3 Å². The summed E-state index contributed by atoms with van der Waals surface area (Å²) in [5.41, 5.74) is -0.935. The quantitative estimate of drug-likeness (QED) is 0.822. The topological polar surface area (TPSA) is 57.6 Å². The number of hydrogen-bond acceptors (Lipinski definition) is 4. The third kappa shape index (κ3) is 5.72. The Hall–Kier alpha value is -0.910. The second-order valence-corrected chi connectivity index (χ2v) is 6.80. The van der Waals surface area contributed by atoms with Gasteiger partial charge in [0.25, 0.3) is 0 Å². The molecule has 0 radical (unpaired) electrons. The molecule has 1 N–H and O–H groups in total. The predicted molar refractivity (Wildman–Crippen MR) is 76.8 cm³/mol. The van der Waals surface area contributed by atoms with Gasteiger partial charge in [0, 0.05) is 26.4 Å². The van der Waals surface area contributed by atoms with Crippen LogP contribution in [0.4, 0.5) is 0 Å². The molecular formula is C13H18ClNO3S. The summed E-state index contributed by atoms with van der Waals surface area (Å²) >= 11 is 6.97. The summed E-state index contributed by atoms with van der Waals surface area (Å²) in [7, 11) is 1.62. The average molecular weight is 304 g/mol. The highest BCUT2D eigenvalue weighted by atomic mass is 35.5. The number of aliphatic hydroxyl groups is 1. The maximum absolute atomic E-state index is 11.8. The first kappa shape index (κ1) is 16.1. The standard InChI is InChI=1S/C13H18ClNO3S/c1-13(2,18)8-15(3)12(17)7-4-9(16)10-5-6-11(14)19-10/h5-6,18H,4,7-8H2,1-3H3. The minimum absolute atomic E-state index is 0.0816. The van der Waals surface area contributed by atoms with Gasteiger partial charge >= 0.3 is 0 Å². The number of ketones is 1. The molecule has 0 aliphatic carbocycles. The summed E-state index contributed by atoms with van der Waals surface area (Å²) in [5, 5.41) is 9.62. The molecule has 0 spiro atoms. The fourth-order valence-corrected chi connectivity index (χ4v) is 2.68. The van der Waals surface area contributed by atoms with Gasteiger partial charge in [-0.05, 0) is 26.0 Å². The molecule has 0 aliphatic rings. The molecule has 0 aliphatic heterocycles. The zero-order valence-electron chi connectivity index (χ0n) is 11.3. The fourth-order valence-electron chi connectivity index (χ4n) is 1.67. The van der Waals surface area contributed by atoms with Gasteiger partial charge in [0.05, 0.1) is 14.8 Å². The van der Waals surface area contributed by atoms with Crippen LogP contribution >= 0.6 is 22.9 Å². The molecule has 106 valence electrons. The first-order valence-corrected chi connectivity index (χ1v) is 7.13. The van der Waals surface area contributed by atoms with E-state index in [1.54, 1.807) is 33.0 Å². The lowest BCUT2D eigenvalue weighted by Crippen LogP contribution is -2.39. The highest BCUT2D eigenvalue weighted by Crippen LogP contribution is 2.23. The van der Waals surface area contributed by atoms with Gasteiger partial charge < -0.3 is 10.0 Å². The van der Waals surface area contributed by atoms with Crippen LogP contribution < -0.4 is 0 Å². The SMILES string of the molecule is CN(CC(C)(C)O)C(=O)CCC(=O)c1ccc(Cl)s1. The van der Waals surface area contributed by atoms with Crippen molar-refractivity contribution < 1.29 is 14.7 Å². The number of hydrogen-bond donors (Lipinski definition) is 1. The van der Waals surface area contributed by atoms with E-state index in [0.717, 1.165) is 0 Å². The van der Waals surface area contributed by atoms with Crippen LogP contribution in [0.1, 0.15) is 36.4 Å². The summed E-state index contributed by atoms with van der Waals surface area (Å²) in [6.07, 6.45) is 0.298. The highest BCUT2D eigenvalue weighted by Gasteiger charge is 2.20. The zero-order chi connectivity index (χ0) is 14.6. The van der Waals surface area contributed by atoms with Crippen LogP contribution in [0.3, 0.4) is 0 Å². The fraction of sp³-hybridized carbons (Fsp3) is 0.538. The van der Waals surface area contributed by atoms with Crippen LogP contribution in [0.2, 0.25) is 4.34 Å². The molecule has 1 aromatic heterocycles. The minimum Gasteiger partial charge on any atom is -0.389 e. The smallest absolute Gasteiger partial charge is 0.222 e. The van der Waals surface area contributed by atoms with E-state index in [1.807, 2.05) is 0 Å². The summed E-state index contributed by atoms with van der Waals surface area (Å²) < 4.78 is 0.564. The Balaban J connectivity index is 2.44. The molecule has 0 saturated heterocycles. The molecule has 0 atom stereocenters. The van der Waals surface area contributed by atoms with E-state index < -0.39 is 5.60 Å². The molecule has 19 heavy (non-hydrogen) atoms. The third-order valence-corrected chi connectivity index (χ3v) is 3.74. The molecule has 1 heterocycles. The molecule has 6 heteroatoms. The first-order chi connectivity index (χ1) is 8.69. The lowest BCUT2D eigenvalue weighted by Gasteiger charge is -2.25. The maximum atomic E-state index is 11.8. The second-order valence-electron chi connectivity index (χ2n) is 5.09. The number of thiophene rings is 1. The van der Waals surface area contributed by atoms with Gasteiger partial charge in [-0.1, -0.05) is 11.6 Å². The van der Waals surface area contributed by atoms with Crippen LogP contribution in [0.5, 0.6) is 0 Å². The Morgan fingerprint density at radius 1 is 1.37 bits per heavy atom.